The number of carbonyl (C=O) groups excluding carboxylic acids is 1. The maximum atomic E-state index is 10.7. The maximum Gasteiger partial charge on any atom is 0.485 e. The monoisotopic (exact) mass is 266 g/mol. The molecule has 0 aromatic rings. The molecular weight excluding hydrogens is 257 g/mol. The van der Waals surface area contributed by atoms with Crippen LogP contribution in [0.2, 0.25) is 0 Å². The molecule has 1 rings (SSSR count). The number of hydrogen-bond acceptors (Lipinski definition) is 4. The van der Waals surface area contributed by atoms with Crippen molar-refractivity contribution in [1.29, 1.82) is 0 Å². The van der Waals surface area contributed by atoms with E-state index < -0.39 is 15.6 Å². The van der Waals surface area contributed by atoms with Gasteiger partial charge in [-0.1, -0.05) is 0 Å². The fourth-order valence-electron chi connectivity index (χ4n) is 0.816. The van der Waals surface area contributed by atoms with Gasteiger partial charge in [0.2, 0.25) is 0 Å². The second kappa shape index (κ2) is 5.17. The molecule has 1 saturated carbocycles. The zero-order valence-electron chi connectivity index (χ0n) is 7.37. The molecule has 0 aromatic heterocycles. The van der Waals surface area contributed by atoms with Crippen molar-refractivity contribution < 1.29 is 30.9 Å². The predicted octanol–water partition coefficient (Wildman–Crippen LogP) is 0.171. The Hall–Kier alpha value is -0.280. The molecule has 0 aromatic carbocycles. The zero-order valence-corrected chi connectivity index (χ0v) is 9.19. The first-order valence-electron chi connectivity index (χ1n) is 3.81. The summed E-state index contributed by atoms with van der Waals surface area (Å²) in [6.07, 6.45) is 2.90. The third kappa shape index (κ3) is 5.38. The van der Waals surface area contributed by atoms with Crippen molar-refractivity contribution in [3.8, 4) is 0 Å². The van der Waals surface area contributed by atoms with Crippen LogP contribution in [0.15, 0.2) is 0 Å². The minimum Gasteiger partial charge on any atom is -0.741 e. The summed E-state index contributed by atoms with van der Waals surface area (Å²) in [6.45, 7) is 0. The molecule has 15 heavy (non-hydrogen) atoms. The quantitative estimate of drug-likeness (QED) is 0.356. The van der Waals surface area contributed by atoms with Gasteiger partial charge in [0, 0.05) is 12.8 Å². The van der Waals surface area contributed by atoms with Crippen LogP contribution in [0.3, 0.4) is 0 Å². The summed E-state index contributed by atoms with van der Waals surface area (Å²) in [5, 5.41) is 0.181. The zero-order chi connectivity index (χ0) is 12.3. The summed E-state index contributed by atoms with van der Waals surface area (Å²) in [6, 6.07) is 0. The summed E-state index contributed by atoms with van der Waals surface area (Å²) in [5.74, 6) is 0.372. The van der Waals surface area contributed by atoms with Gasteiger partial charge in [-0.2, -0.15) is 13.2 Å². The molecule has 1 aliphatic carbocycles. The van der Waals surface area contributed by atoms with E-state index in [1.807, 2.05) is 0 Å². The number of halogens is 3. The Bertz CT molecular complexity index is 322. The van der Waals surface area contributed by atoms with Gasteiger partial charge in [-0.05, 0) is 19.0 Å². The molecule has 4 nitrogen and oxygen atoms in total. The van der Waals surface area contributed by atoms with Gasteiger partial charge in [-0.3, -0.25) is 4.79 Å². The van der Waals surface area contributed by atoms with Gasteiger partial charge in [-0.25, -0.2) is 8.42 Å². The third-order valence-corrected chi connectivity index (χ3v) is 2.77. The third-order valence-electron chi connectivity index (χ3n) is 1.59. The second-order valence-corrected chi connectivity index (χ2v) is 4.88. The molecule has 0 amide bonds. The van der Waals surface area contributed by atoms with E-state index in [-0.39, 0.29) is 5.25 Å². The first kappa shape index (κ1) is 14.7. The Labute approximate surface area is 90.0 Å². The van der Waals surface area contributed by atoms with E-state index >= 15 is 0 Å². The smallest absolute Gasteiger partial charge is 0.485 e. The molecular formula is C6H9F3O4S2. The normalized spacial score (nSPS) is 22.2. The molecule has 1 unspecified atom stereocenters. The fraction of sp³-hybridized carbons (Fsp3) is 0.833. The van der Waals surface area contributed by atoms with Crippen molar-refractivity contribution in [2.45, 2.75) is 30.0 Å². The maximum absolute atomic E-state index is 10.7. The highest BCUT2D eigenvalue weighted by molar-refractivity contribution is 7.86. The Balaban J connectivity index is 0.000000262. The summed E-state index contributed by atoms with van der Waals surface area (Å²) < 4.78 is 58.9. The van der Waals surface area contributed by atoms with E-state index in [4.69, 9.17) is 13.0 Å². The minimum atomic E-state index is -6.09. The topological polar surface area (TPSA) is 74.3 Å². The number of ketones is 1. The lowest BCUT2D eigenvalue weighted by molar-refractivity contribution is -0.116. The van der Waals surface area contributed by atoms with Crippen LogP contribution in [0, 0.1) is 0 Å². The van der Waals surface area contributed by atoms with Crippen LogP contribution < -0.4 is 0 Å². The summed E-state index contributed by atoms with van der Waals surface area (Å²) in [5.41, 5.74) is -5.65. The van der Waals surface area contributed by atoms with Crippen LogP contribution in [0.5, 0.6) is 0 Å². The molecule has 90 valence electrons. The average Bonchev–Trinajstić information content (AvgIpc) is 2.33. The lowest BCUT2D eigenvalue weighted by Crippen LogP contribution is -2.21. The molecule has 0 bridgehead atoms. The van der Waals surface area contributed by atoms with E-state index in [0.717, 1.165) is 19.3 Å². The molecule has 9 heteroatoms. The van der Waals surface area contributed by atoms with Crippen molar-refractivity contribution in [1.82, 2.24) is 0 Å². The van der Waals surface area contributed by atoms with Gasteiger partial charge in [0.15, 0.2) is 21.2 Å². The molecule has 0 spiro atoms. The minimum absolute atomic E-state index is 0.181. The molecule has 0 N–H and O–H groups in total. The van der Waals surface area contributed by atoms with Crippen molar-refractivity contribution in [2.24, 2.45) is 0 Å². The van der Waals surface area contributed by atoms with Crippen molar-refractivity contribution in [2.75, 3.05) is 0 Å². The average molecular weight is 266 g/mol. The molecule has 0 heterocycles. The summed E-state index contributed by atoms with van der Waals surface area (Å²) in [4.78, 5) is 10.5. The predicted molar refractivity (Wildman–Crippen MR) is 48.6 cm³/mol. The lowest BCUT2D eigenvalue weighted by Gasteiger charge is -2.08. The Kier molecular flexibility index (Phi) is 5.07. The van der Waals surface area contributed by atoms with Gasteiger partial charge < -0.3 is 4.55 Å². The highest BCUT2D eigenvalue weighted by Crippen LogP contribution is 2.20. The van der Waals surface area contributed by atoms with Crippen LogP contribution >= 0.6 is 0 Å². The lowest BCUT2D eigenvalue weighted by atomic mass is 10.3. The van der Waals surface area contributed by atoms with Crippen LogP contribution in [-0.4, -0.2) is 29.5 Å². The molecule has 0 saturated heterocycles. The van der Waals surface area contributed by atoms with Crippen molar-refractivity contribution >= 4 is 28.5 Å². The number of rotatable bonds is 0. The highest BCUT2D eigenvalue weighted by Gasteiger charge is 2.36. The SMILES string of the molecule is O=C1CCCC1[SH2+].O=S(=O)([O-])C(F)(F)F. The summed E-state index contributed by atoms with van der Waals surface area (Å²) in [7, 11) is -6.09. The Morgan fingerprint density at radius 2 is 1.80 bits per heavy atom. The van der Waals surface area contributed by atoms with Crippen LogP contribution in [0.1, 0.15) is 19.3 Å². The fourth-order valence-corrected chi connectivity index (χ4v) is 1.16. The van der Waals surface area contributed by atoms with E-state index in [1.165, 1.54) is 0 Å². The van der Waals surface area contributed by atoms with Crippen molar-refractivity contribution in [3.05, 3.63) is 0 Å². The highest BCUT2D eigenvalue weighted by atomic mass is 32.2. The van der Waals surface area contributed by atoms with E-state index in [0.29, 0.717) is 5.78 Å². The Morgan fingerprint density at radius 3 is 1.87 bits per heavy atom. The first-order valence-corrected chi connectivity index (χ1v) is 5.80. The number of alkyl halides is 3. The summed E-state index contributed by atoms with van der Waals surface area (Å²) >= 11 is 3.30. The second-order valence-electron chi connectivity index (χ2n) is 2.81. The van der Waals surface area contributed by atoms with E-state index in [1.54, 1.807) is 0 Å². The number of Topliss-reactive ketones (excluding diaryl/α,β-unsaturated/α-hetero) is 1. The van der Waals surface area contributed by atoms with Gasteiger partial charge >= 0.3 is 5.51 Å². The van der Waals surface area contributed by atoms with Crippen LogP contribution in [0.25, 0.3) is 0 Å². The van der Waals surface area contributed by atoms with Gasteiger partial charge in [0.25, 0.3) is 0 Å². The van der Waals surface area contributed by atoms with Gasteiger partial charge in [0.1, 0.15) is 0 Å². The molecule has 1 fully saturated rings. The van der Waals surface area contributed by atoms with E-state index in [2.05, 4.69) is 12.6 Å². The number of carbonyl (C=O) groups is 1. The van der Waals surface area contributed by atoms with Gasteiger partial charge in [0.05, 0.1) is 0 Å². The molecule has 0 radical (unpaired) electrons. The largest absolute Gasteiger partial charge is 0.741 e. The van der Waals surface area contributed by atoms with Crippen molar-refractivity contribution in [3.63, 3.8) is 0 Å². The molecule has 0 aliphatic heterocycles. The molecule has 1 aliphatic rings. The standard InChI is InChI=1S/C5H8OS.CHF3O3S/c6-4-2-1-3-5(4)7;2-1(3,4)8(5,6)7/h5,7H,1-3H2;(H,5,6,7). The van der Waals surface area contributed by atoms with Crippen LogP contribution in [0.4, 0.5) is 13.2 Å². The van der Waals surface area contributed by atoms with Gasteiger partial charge in [-0.15, -0.1) is 0 Å². The first-order chi connectivity index (χ1) is 6.55. The molecule has 1 atom stereocenters. The Morgan fingerprint density at radius 1 is 1.40 bits per heavy atom. The number of hydrogen-bond donors (Lipinski definition) is 0. The van der Waals surface area contributed by atoms with Crippen LogP contribution in [-0.2, 0) is 27.5 Å². The van der Waals surface area contributed by atoms with E-state index in [9.17, 15) is 18.0 Å².